The van der Waals surface area contributed by atoms with Crippen molar-refractivity contribution >= 4 is 5.91 Å². The summed E-state index contributed by atoms with van der Waals surface area (Å²) in [6.45, 7) is 8.82. The highest BCUT2D eigenvalue weighted by Crippen LogP contribution is 2.39. The van der Waals surface area contributed by atoms with Gasteiger partial charge in [0, 0.05) is 13.6 Å². The zero-order valence-electron chi connectivity index (χ0n) is 13.7. The van der Waals surface area contributed by atoms with E-state index in [0.717, 1.165) is 25.8 Å². The predicted octanol–water partition coefficient (Wildman–Crippen LogP) is 2.42. The molecule has 1 rings (SSSR count). The first kappa shape index (κ1) is 17.4. The van der Waals surface area contributed by atoms with Gasteiger partial charge in [0.1, 0.15) is 0 Å². The molecule has 2 unspecified atom stereocenters. The van der Waals surface area contributed by atoms with Crippen molar-refractivity contribution in [1.82, 2.24) is 4.90 Å². The molecule has 1 saturated carbocycles. The van der Waals surface area contributed by atoms with Crippen LogP contribution in [0.2, 0.25) is 0 Å². The Balaban J connectivity index is 2.24. The molecule has 0 spiro atoms. The van der Waals surface area contributed by atoms with Crippen molar-refractivity contribution in [2.24, 2.45) is 17.1 Å². The maximum atomic E-state index is 11.9. The number of carbonyl (C=O) groups is 1. The van der Waals surface area contributed by atoms with E-state index in [9.17, 15) is 4.79 Å². The van der Waals surface area contributed by atoms with Gasteiger partial charge in [0.25, 0.3) is 0 Å². The number of amides is 1. The largest absolute Gasteiger partial charge is 0.378 e. The fraction of sp³-hybridized carbons (Fsp3) is 0.938. The summed E-state index contributed by atoms with van der Waals surface area (Å²) in [4.78, 5) is 13.6. The Morgan fingerprint density at radius 1 is 1.40 bits per heavy atom. The van der Waals surface area contributed by atoms with Crippen LogP contribution >= 0.6 is 0 Å². The van der Waals surface area contributed by atoms with Gasteiger partial charge in [0.15, 0.2) is 0 Å². The van der Waals surface area contributed by atoms with Crippen LogP contribution < -0.4 is 5.73 Å². The van der Waals surface area contributed by atoms with Crippen LogP contribution in [0, 0.1) is 11.3 Å². The molecule has 0 radical (unpaired) electrons. The summed E-state index contributed by atoms with van der Waals surface area (Å²) in [6, 6.07) is 0. The van der Waals surface area contributed by atoms with Gasteiger partial charge >= 0.3 is 0 Å². The van der Waals surface area contributed by atoms with E-state index >= 15 is 0 Å². The van der Waals surface area contributed by atoms with Gasteiger partial charge in [-0.25, -0.2) is 0 Å². The van der Waals surface area contributed by atoms with Crippen molar-refractivity contribution in [2.45, 2.75) is 59.0 Å². The molecule has 4 heteroatoms. The highest BCUT2D eigenvalue weighted by Gasteiger charge is 2.32. The molecule has 0 heterocycles. The van der Waals surface area contributed by atoms with E-state index in [1.165, 1.54) is 6.42 Å². The molecular weight excluding hydrogens is 252 g/mol. The van der Waals surface area contributed by atoms with Crippen LogP contribution in [0.3, 0.4) is 0 Å². The van der Waals surface area contributed by atoms with Crippen molar-refractivity contribution in [2.75, 3.05) is 26.7 Å². The summed E-state index contributed by atoms with van der Waals surface area (Å²) >= 11 is 0. The summed E-state index contributed by atoms with van der Waals surface area (Å²) in [7, 11) is 1.84. The Morgan fingerprint density at radius 2 is 2.10 bits per heavy atom. The smallest absolute Gasteiger partial charge is 0.224 e. The fourth-order valence-corrected chi connectivity index (χ4v) is 3.34. The summed E-state index contributed by atoms with van der Waals surface area (Å²) in [5.41, 5.74) is 5.82. The van der Waals surface area contributed by atoms with Crippen LogP contribution in [0.15, 0.2) is 0 Å². The fourth-order valence-electron chi connectivity index (χ4n) is 3.34. The number of nitrogens with zero attached hydrogens (tertiary/aromatic N) is 1. The normalized spacial score (nSPS) is 25.4. The summed E-state index contributed by atoms with van der Waals surface area (Å²) in [6.07, 6.45) is 5.16. The summed E-state index contributed by atoms with van der Waals surface area (Å²) in [5.74, 6) is 0.869. The van der Waals surface area contributed by atoms with Gasteiger partial charge in [-0.2, -0.15) is 0 Å². The maximum Gasteiger partial charge on any atom is 0.224 e. The molecular formula is C16H32N2O2. The third kappa shape index (κ3) is 6.23. The molecule has 1 aliphatic rings. The SMILES string of the molecule is CC1CC(OCCC(=O)N(C)CCCN)CC(C)(C)C1. The molecule has 0 bridgehead atoms. The molecule has 20 heavy (non-hydrogen) atoms. The van der Waals surface area contributed by atoms with Crippen LogP contribution in [0.5, 0.6) is 0 Å². The molecule has 0 aliphatic heterocycles. The topological polar surface area (TPSA) is 55.6 Å². The minimum atomic E-state index is 0.154. The van der Waals surface area contributed by atoms with Crippen LogP contribution in [0.1, 0.15) is 52.9 Å². The highest BCUT2D eigenvalue weighted by molar-refractivity contribution is 5.75. The van der Waals surface area contributed by atoms with Crippen LogP contribution in [-0.2, 0) is 9.53 Å². The molecule has 1 amide bonds. The first-order chi connectivity index (χ1) is 9.34. The average molecular weight is 284 g/mol. The second-order valence-electron chi connectivity index (χ2n) is 7.11. The lowest BCUT2D eigenvalue weighted by Gasteiger charge is -2.38. The zero-order valence-corrected chi connectivity index (χ0v) is 13.7. The zero-order chi connectivity index (χ0) is 15.2. The maximum absolute atomic E-state index is 11.9. The minimum absolute atomic E-state index is 0.154. The van der Waals surface area contributed by atoms with Crippen LogP contribution in [0.4, 0.5) is 0 Å². The number of hydrogen-bond acceptors (Lipinski definition) is 3. The van der Waals surface area contributed by atoms with E-state index in [-0.39, 0.29) is 5.91 Å². The Kier molecular flexibility index (Phi) is 6.96. The molecule has 0 aromatic rings. The monoisotopic (exact) mass is 284 g/mol. The van der Waals surface area contributed by atoms with Gasteiger partial charge in [-0.15, -0.1) is 0 Å². The quantitative estimate of drug-likeness (QED) is 0.781. The van der Waals surface area contributed by atoms with Crippen molar-refractivity contribution < 1.29 is 9.53 Å². The number of nitrogens with two attached hydrogens (primary N) is 1. The van der Waals surface area contributed by atoms with E-state index in [4.69, 9.17) is 10.5 Å². The van der Waals surface area contributed by atoms with Gasteiger partial charge in [-0.05, 0) is 43.6 Å². The second kappa shape index (κ2) is 7.99. The number of carbonyl (C=O) groups excluding carboxylic acids is 1. The van der Waals surface area contributed by atoms with E-state index < -0.39 is 0 Å². The molecule has 4 nitrogen and oxygen atoms in total. The minimum Gasteiger partial charge on any atom is -0.378 e. The van der Waals surface area contributed by atoms with Gasteiger partial charge in [-0.1, -0.05) is 20.8 Å². The first-order valence-electron chi connectivity index (χ1n) is 7.89. The second-order valence-corrected chi connectivity index (χ2v) is 7.11. The van der Waals surface area contributed by atoms with Crippen molar-refractivity contribution in [3.8, 4) is 0 Å². The van der Waals surface area contributed by atoms with Crippen LogP contribution in [0.25, 0.3) is 0 Å². The van der Waals surface area contributed by atoms with E-state index in [0.29, 0.717) is 37.0 Å². The summed E-state index contributed by atoms with van der Waals surface area (Å²) in [5, 5.41) is 0. The molecule has 1 fully saturated rings. The van der Waals surface area contributed by atoms with Crippen molar-refractivity contribution in [3.05, 3.63) is 0 Å². The van der Waals surface area contributed by atoms with E-state index in [1.54, 1.807) is 4.90 Å². The molecule has 2 atom stereocenters. The Morgan fingerprint density at radius 3 is 2.70 bits per heavy atom. The standard InChI is InChI=1S/C16H32N2O2/c1-13-10-14(12-16(2,3)11-13)20-9-6-15(19)18(4)8-5-7-17/h13-14H,5-12,17H2,1-4H3. The molecule has 0 aromatic heterocycles. The molecule has 2 N–H and O–H groups in total. The third-order valence-electron chi connectivity index (χ3n) is 4.14. The Bertz CT molecular complexity index is 305. The van der Waals surface area contributed by atoms with E-state index in [1.807, 2.05) is 7.05 Å². The number of hydrogen-bond donors (Lipinski definition) is 1. The van der Waals surface area contributed by atoms with Crippen molar-refractivity contribution in [3.63, 3.8) is 0 Å². The Hall–Kier alpha value is -0.610. The molecule has 0 aromatic carbocycles. The Labute approximate surface area is 124 Å². The highest BCUT2D eigenvalue weighted by atomic mass is 16.5. The lowest BCUT2D eigenvalue weighted by molar-refractivity contribution is -0.132. The van der Waals surface area contributed by atoms with E-state index in [2.05, 4.69) is 20.8 Å². The first-order valence-corrected chi connectivity index (χ1v) is 7.89. The van der Waals surface area contributed by atoms with Gasteiger partial charge in [0.2, 0.25) is 5.91 Å². The summed E-state index contributed by atoms with van der Waals surface area (Å²) < 4.78 is 5.94. The van der Waals surface area contributed by atoms with Gasteiger partial charge in [0.05, 0.1) is 19.1 Å². The molecule has 1 aliphatic carbocycles. The van der Waals surface area contributed by atoms with Crippen molar-refractivity contribution in [1.29, 1.82) is 0 Å². The van der Waals surface area contributed by atoms with Crippen LogP contribution in [-0.4, -0.2) is 43.7 Å². The lowest BCUT2D eigenvalue weighted by Crippen LogP contribution is -2.34. The third-order valence-corrected chi connectivity index (χ3v) is 4.14. The van der Waals surface area contributed by atoms with Gasteiger partial charge < -0.3 is 15.4 Å². The van der Waals surface area contributed by atoms with Gasteiger partial charge in [-0.3, -0.25) is 4.79 Å². The number of ether oxygens (including phenoxy) is 1. The predicted molar refractivity (Wildman–Crippen MR) is 82.5 cm³/mol. The number of rotatable bonds is 7. The average Bonchev–Trinajstić information content (AvgIpc) is 2.33. The lowest BCUT2D eigenvalue weighted by atomic mass is 9.71. The molecule has 0 saturated heterocycles. The molecule has 118 valence electrons.